The van der Waals surface area contributed by atoms with E-state index in [9.17, 15) is 0 Å². The van der Waals surface area contributed by atoms with Gasteiger partial charge in [-0.15, -0.1) is 0 Å². The third-order valence-corrected chi connectivity index (χ3v) is 3.62. The lowest BCUT2D eigenvalue weighted by Gasteiger charge is -2.25. The first kappa shape index (κ1) is 13.3. The summed E-state index contributed by atoms with van der Waals surface area (Å²) < 4.78 is 0. The van der Waals surface area contributed by atoms with Gasteiger partial charge in [-0.2, -0.15) is 0 Å². The van der Waals surface area contributed by atoms with Crippen LogP contribution in [0.3, 0.4) is 0 Å². The van der Waals surface area contributed by atoms with Gasteiger partial charge in [0, 0.05) is 6.20 Å². The lowest BCUT2D eigenvalue weighted by molar-refractivity contribution is 0.535. The van der Waals surface area contributed by atoms with Gasteiger partial charge in [0.25, 0.3) is 0 Å². The number of pyridine rings is 1. The molecule has 0 fully saturated rings. The molecule has 2 nitrogen and oxygen atoms in total. The van der Waals surface area contributed by atoms with Gasteiger partial charge in [0.15, 0.2) is 0 Å². The Morgan fingerprint density at radius 3 is 2.94 bits per heavy atom. The maximum absolute atomic E-state index is 4.60. The number of rotatable bonds is 5. The second-order valence-corrected chi connectivity index (χ2v) is 5.12. The molecular formula is C16H24N2. The first-order valence-electron chi connectivity index (χ1n) is 7.16. The quantitative estimate of drug-likeness (QED) is 0.794. The van der Waals surface area contributed by atoms with E-state index in [4.69, 9.17) is 0 Å². The summed E-state index contributed by atoms with van der Waals surface area (Å²) in [5, 5.41) is 3.67. The lowest BCUT2D eigenvalue weighted by atomic mass is 9.90. The van der Waals surface area contributed by atoms with E-state index in [1.165, 1.54) is 42.5 Å². The van der Waals surface area contributed by atoms with E-state index in [2.05, 4.69) is 36.3 Å². The molecule has 0 saturated heterocycles. The molecule has 1 atom stereocenters. The molecule has 1 unspecified atom stereocenters. The van der Waals surface area contributed by atoms with Crippen LogP contribution in [-0.4, -0.2) is 11.5 Å². The van der Waals surface area contributed by atoms with E-state index in [0.29, 0.717) is 6.04 Å². The lowest BCUT2D eigenvalue weighted by Crippen LogP contribution is -2.26. The highest BCUT2D eigenvalue weighted by molar-refractivity contribution is 5.29. The Morgan fingerprint density at radius 2 is 2.28 bits per heavy atom. The summed E-state index contributed by atoms with van der Waals surface area (Å²) >= 11 is 0. The van der Waals surface area contributed by atoms with E-state index < -0.39 is 0 Å². The molecule has 1 heterocycles. The zero-order valence-corrected chi connectivity index (χ0v) is 11.6. The van der Waals surface area contributed by atoms with Crippen LogP contribution < -0.4 is 5.32 Å². The Labute approximate surface area is 111 Å². The molecule has 2 heteroatoms. The highest BCUT2D eigenvalue weighted by Gasteiger charge is 2.20. The zero-order valence-electron chi connectivity index (χ0n) is 11.6. The summed E-state index contributed by atoms with van der Waals surface area (Å²) in [5.74, 6) is 0. The minimum atomic E-state index is 0.325. The van der Waals surface area contributed by atoms with Crippen LogP contribution in [0.5, 0.6) is 0 Å². The molecule has 98 valence electrons. The van der Waals surface area contributed by atoms with Gasteiger partial charge in [0.05, 0.1) is 11.7 Å². The van der Waals surface area contributed by atoms with Gasteiger partial charge in [-0.1, -0.05) is 24.6 Å². The van der Waals surface area contributed by atoms with Gasteiger partial charge in [-0.25, -0.2) is 0 Å². The van der Waals surface area contributed by atoms with Gasteiger partial charge in [-0.3, -0.25) is 4.98 Å². The Morgan fingerprint density at radius 1 is 1.39 bits per heavy atom. The molecule has 18 heavy (non-hydrogen) atoms. The number of hydrogen-bond acceptors (Lipinski definition) is 2. The average molecular weight is 244 g/mol. The second kappa shape index (κ2) is 6.69. The third-order valence-electron chi connectivity index (χ3n) is 3.62. The van der Waals surface area contributed by atoms with Crippen molar-refractivity contribution in [3.8, 4) is 0 Å². The first-order valence-corrected chi connectivity index (χ1v) is 7.16. The van der Waals surface area contributed by atoms with Crippen molar-refractivity contribution in [3.05, 3.63) is 41.2 Å². The molecule has 0 aliphatic heterocycles. The van der Waals surface area contributed by atoms with Crippen LogP contribution in [-0.2, 0) is 0 Å². The Balaban J connectivity index is 2.24. The fraction of sp³-hybridized carbons (Fsp3) is 0.562. The van der Waals surface area contributed by atoms with Crippen LogP contribution in [0.25, 0.3) is 0 Å². The van der Waals surface area contributed by atoms with Gasteiger partial charge in [0.1, 0.15) is 0 Å². The van der Waals surface area contributed by atoms with Crippen LogP contribution in [0, 0.1) is 6.92 Å². The molecule has 0 radical (unpaired) electrons. The predicted octanol–water partition coefficient (Wildman–Crippen LogP) is 3.93. The van der Waals surface area contributed by atoms with Crippen molar-refractivity contribution in [3.63, 3.8) is 0 Å². The number of hydrogen-bond donors (Lipinski definition) is 1. The Kier molecular flexibility index (Phi) is 4.94. The van der Waals surface area contributed by atoms with Crippen LogP contribution in [0.2, 0.25) is 0 Å². The molecule has 0 spiro atoms. The van der Waals surface area contributed by atoms with Gasteiger partial charge in [-0.05, 0) is 57.2 Å². The highest BCUT2D eigenvalue weighted by atomic mass is 14.9. The van der Waals surface area contributed by atoms with E-state index in [1.54, 1.807) is 0 Å². The van der Waals surface area contributed by atoms with Gasteiger partial charge < -0.3 is 5.32 Å². The minimum Gasteiger partial charge on any atom is -0.305 e. The van der Waals surface area contributed by atoms with E-state index >= 15 is 0 Å². The molecule has 0 saturated carbocycles. The minimum absolute atomic E-state index is 0.325. The van der Waals surface area contributed by atoms with Crippen molar-refractivity contribution in [2.24, 2.45) is 0 Å². The standard InChI is InChI=1S/C16H24N2/c1-3-11-17-16(14-9-5-4-6-10-14)15-13(2)8-7-12-18-15/h7-9,12,16-17H,3-6,10-11H2,1-2H3. The molecule has 0 bridgehead atoms. The topological polar surface area (TPSA) is 24.9 Å². The van der Waals surface area contributed by atoms with Crippen molar-refractivity contribution in [2.45, 2.75) is 52.0 Å². The first-order chi connectivity index (χ1) is 8.83. The fourth-order valence-electron chi connectivity index (χ4n) is 2.62. The Bertz CT molecular complexity index is 409. The molecule has 2 rings (SSSR count). The molecule has 1 N–H and O–H groups in total. The van der Waals surface area contributed by atoms with Crippen molar-refractivity contribution in [1.82, 2.24) is 10.3 Å². The fourth-order valence-corrected chi connectivity index (χ4v) is 2.62. The largest absolute Gasteiger partial charge is 0.305 e. The monoisotopic (exact) mass is 244 g/mol. The SMILES string of the molecule is CCCNC(C1=CCCCC1)c1ncccc1C. The summed E-state index contributed by atoms with van der Waals surface area (Å²) in [5.41, 5.74) is 4.04. The molecular weight excluding hydrogens is 220 g/mol. The maximum Gasteiger partial charge on any atom is 0.0713 e. The summed E-state index contributed by atoms with van der Waals surface area (Å²) in [6, 6.07) is 4.50. The van der Waals surface area contributed by atoms with Crippen LogP contribution >= 0.6 is 0 Å². The highest BCUT2D eigenvalue weighted by Crippen LogP contribution is 2.30. The second-order valence-electron chi connectivity index (χ2n) is 5.12. The number of aryl methyl sites for hydroxylation is 1. The number of nitrogens with one attached hydrogen (secondary N) is 1. The van der Waals surface area contributed by atoms with E-state index in [-0.39, 0.29) is 0 Å². The van der Waals surface area contributed by atoms with Gasteiger partial charge in [0.2, 0.25) is 0 Å². The number of aromatic nitrogens is 1. The molecule has 1 aromatic rings. The maximum atomic E-state index is 4.60. The third kappa shape index (κ3) is 3.20. The zero-order chi connectivity index (χ0) is 12.8. The van der Waals surface area contributed by atoms with Crippen molar-refractivity contribution >= 4 is 0 Å². The predicted molar refractivity (Wildman–Crippen MR) is 76.6 cm³/mol. The Hall–Kier alpha value is -1.15. The number of allylic oxidation sites excluding steroid dienone is 1. The number of nitrogens with zero attached hydrogens (tertiary/aromatic N) is 1. The summed E-state index contributed by atoms with van der Waals surface area (Å²) in [6.45, 7) is 5.43. The average Bonchev–Trinajstić information content (AvgIpc) is 2.42. The smallest absolute Gasteiger partial charge is 0.0713 e. The van der Waals surface area contributed by atoms with Crippen LogP contribution in [0.1, 0.15) is 56.3 Å². The summed E-state index contributed by atoms with van der Waals surface area (Å²) in [4.78, 5) is 4.60. The molecule has 1 aliphatic rings. The van der Waals surface area contributed by atoms with Crippen molar-refractivity contribution in [1.29, 1.82) is 0 Å². The summed E-state index contributed by atoms with van der Waals surface area (Å²) in [6.07, 6.45) is 10.6. The molecule has 0 amide bonds. The van der Waals surface area contributed by atoms with Crippen LogP contribution in [0.15, 0.2) is 30.0 Å². The normalized spacial score (nSPS) is 17.3. The molecule has 1 aliphatic carbocycles. The van der Waals surface area contributed by atoms with Crippen LogP contribution in [0.4, 0.5) is 0 Å². The molecule has 1 aromatic heterocycles. The van der Waals surface area contributed by atoms with Crippen molar-refractivity contribution < 1.29 is 0 Å². The summed E-state index contributed by atoms with van der Waals surface area (Å²) in [7, 11) is 0. The molecule has 0 aromatic carbocycles. The van der Waals surface area contributed by atoms with Gasteiger partial charge >= 0.3 is 0 Å². The van der Waals surface area contributed by atoms with E-state index in [0.717, 1.165) is 13.0 Å². The van der Waals surface area contributed by atoms with Crippen molar-refractivity contribution in [2.75, 3.05) is 6.54 Å². The van der Waals surface area contributed by atoms with E-state index in [1.807, 2.05) is 12.3 Å².